The highest BCUT2D eigenvalue weighted by atomic mass is 35.5. The molecule has 1 amide bonds. The summed E-state index contributed by atoms with van der Waals surface area (Å²) < 4.78 is 11.1. The summed E-state index contributed by atoms with van der Waals surface area (Å²) in [5.41, 5.74) is 4.05. The van der Waals surface area contributed by atoms with Gasteiger partial charge in [-0.2, -0.15) is 0 Å². The Morgan fingerprint density at radius 2 is 2.09 bits per heavy atom. The molecular weight excluding hydrogens is 440 g/mol. The van der Waals surface area contributed by atoms with Crippen molar-refractivity contribution in [2.45, 2.75) is 19.4 Å². The van der Waals surface area contributed by atoms with Crippen molar-refractivity contribution in [2.75, 3.05) is 13.2 Å². The number of halogens is 1. The topological polar surface area (TPSA) is 77.5 Å². The van der Waals surface area contributed by atoms with Gasteiger partial charge in [0.15, 0.2) is 0 Å². The molecule has 1 atom stereocenters. The maximum Gasteiger partial charge on any atom is 0.338 e. The molecule has 0 saturated heterocycles. The fourth-order valence-corrected chi connectivity index (χ4v) is 3.91. The SMILES string of the molecule is CCOC(=O)c1cccc(-c2cc(Cl)c3c(c2)CC(CNC(=O)C=Cc2cccnc2)O3)c1. The lowest BCUT2D eigenvalue weighted by molar-refractivity contribution is -0.116. The number of nitrogens with one attached hydrogen (secondary N) is 1. The maximum atomic E-state index is 12.1. The second-order valence-electron chi connectivity index (χ2n) is 7.56. The normalized spacial score (nSPS) is 14.5. The first-order valence-corrected chi connectivity index (χ1v) is 11.0. The molecule has 1 aliphatic heterocycles. The number of hydrogen-bond donors (Lipinski definition) is 1. The predicted octanol–water partition coefficient (Wildman–Crippen LogP) is 4.71. The second kappa shape index (κ2) is 10.3. The molecule has 6 nitrogen and oxygen atoms in total. The number of fused-ring (bicyclic) bond motifs is 1. The van der Waals surface area contributed by atoms with Gasteiger partial charge in [-0.15, -0.1) is 0 Å². The zero-order valence-corrected chi connectivity index (χ0v) is 18.8. The molecule has 1 N–H and O–H groups in total. The highest BCUT2D eigenvalue weighted by Crippen LogP contribution is 2.39. The Morgan fingerprint density at radius 1 is 1.21 bits per heavy atom. The fourth-order valence-electron chi connectivity index (χ4n) is 3.63. The van der Waals surface area contributed by atoms with Crippen LogP contribution in [0.25, 0.3) is 17.2 Å². The van der Waals surface area contributed by atoms with Crippen LogP contribution < -0.4 is 10.1 Å². The molecule has 0 fully saturated rings. The van der Waals surface area contributed by atoms with Crippen molar-refractivity contribution in [1.29, 1.82) is 0 Å². The molecule has 1 aliphatic rings. The minimum absolute atomic E-state index is 0.207. The van der Waals surface area contributed by atoms with E-state index < -0.39 is 0 Å². The predicted molar refractivity (Wildman–Crippen MR) is 127 cm³/mol. The summed E-state index contributed by atoms with van der Waals surface area (Å²) in [5, 5.41) is 3.36. The van der Waals surface area contributed by atoms with E-state index in [9.17, 15) is 9.59 Å². The van der Waals surface area contributed by atoms with Crippen molar-refractivity contribution in [1.82, 2.24) is 10.3 Å². The number of carbonyl (C=O) groups is 2. The number of nitrogens with zero attached hydrogens (tertiary/aromatic N) is 1. The first kappa shape index (κ1) is 22.6. The highest BCUT2D eigenvalue weighted by Gasteiger charge is 2.26. The number of ether oxygens (including phenoxy) is 2. The third-order valence-corrected chi connectivity index (χ3v) is 5.46. The van der Waals surface area contributed by atoms with Crippen molar-refractivity contribution in [2.24, 2.45) is 0 Å². The van der Waals surface area contributed by atoms with E-state index in [1.807, 2.05) is 36.4 Å². The van der Waals surface area contributed by atoms with Crippen LogP contribution in [0.2, 0.25) is 5.02 Å². The Bertz CT molecular complexity index is 1190. The first-order valence-electron chi connectivity index (χ1n) is 10.7. The Labute approximate surface area is 197 Å². The summed E-state index contributed by atoms with van der Waals surface area (Å²) in [6.07, 6.45) is 6.95. The largest absolute Gasteiger partial charge is 0.486 e. The molecule has 1 aromatic heterocycles. The lowest BCUT2D eigenvalue weighted by Crippen LogP contribution is -2.33. The Hall–Kier alpha value is -3.64. The number of hydrogen-bond acceptors (Lipinski definition) is 5. The van der Waals surface area contributed by atoms with E-state index in [1.165, 1.54) is 6.08 Å². The number of rotatable bonds is 7. The van der Waals surface area contributed by atoms with E-state index in [0.29, 0.717) is 35.9 Å². The molecule has 0 spiro atoms. The van der Waals surface area contributed by atoms with E-state index in [2.05, 4.69) is 10.3 Å². The number of amides is 1. The Balaban J connectivity index is 1.41. The van der Waals surface area contributed by atoms with Crippen LogP contribution in [0.5, 0.6) is 5.75 Å². The van der Waals surface area contributed by atoms with Gasteiger partial charge in [0.25, 0.3) is 0 Å². The molecule has 2 heterocycles. The van der Waals surface area contributed by atoms with Gasteiger partial charge in [0.2, 0.25) is 5.91 Å². The number of carbonyl (C=O) groups excluding carboxylic acids is 2. The van der Waals surface area contributed by atoms with E-state index in [-0.39, 0.29) is 18.0 Å². The third kappa shape index (κ3) is 5.59. The van der Waals surface area contributed by atoms with Crippen LogP contribution in [0, 0.1) is 0 Å². The Kier molecular flexibility index (Phi) is 7.05. The fraction of sp³-hybridized carbons (Fsp3) is 0.192. The van der Waals surface area contributed by atoms with Crippen molar-refractivity contribution >= 4 is 29.6 Å². The molecule has 7 heteroatoms. The molecule has 3 aromatic rings. The highest BCUT2D eigenvalue weighted by molar-refractivity contribution is 6.32. The van der Waals surface area contributed by atoms with Crippen LogP contribution in [-0.4, -0.2) is 36.1 Å². The summed E-state index contributed by atoms with van der Waals surface area (Å²) in [7, 11) is 0. The van der Waals surface area contributed by atoms with Crippen LogP contribution in [0.15, 0.2) is 67.0 Å². The van der Waals surface area contributed by atoms with Gasteiger partial charge >= 0.3 is 5.97 Å². The summed E-state index contributed by atoms with van der Waals surface area (Å²) >= 11 is 6.50. The number of aromatic nitrogens is 1. The van der Waals surface area contributed by atoms with Crippen LogP contribution in [0.3, 0.4) is 0 Å². The van der Waals surface area contributed by atoms with Gasteiger partial charge < -0.3 is 14.8 Å². The second-order valence-corrected chi connectivity index (χ2v) is 7.96. The smallest absolute Gasteiger partial charge is 0.338 e. The monoisotopic (exact) mass is 462 g/mol. The van der Waals surface area contributed by atoms with Crippen molar-refractivity contribution in [3.63, 3.8) is 0 Å². The van der Waals surface area contributed by atoms with Crippen LogP contribution >= 0.6 is 11.6 Å². The van der Waals surface area contributed by atoms with Crippen molar-refractivity contribution in [3.05, 3.63) is 88.7 Å². The van der Waals surface area contributed by atoms with E-state index in [0.717, 1.165) is 22.3 Å². The average Bonchev–Trinajstić information content (AvgIpc) is 3.26. The van der Waals surface area contributed by atoms with Crippen molar-refractivity contribution < 1.29 is 19.1 Å². The molecule has 33 heavy (non-hydrogen) atoms. The molecule has 0 radical (unpaired) electrons. The Morgan fingerprint density at radius 3 is 2.88 bits per heavy atom. The minimum atomic E-state index is -0.358. The standard InChI is InChI=1S/C26H23ClN2O4/c1-2-32-26(31)19-7-3-6-18(11-19)20-12-21-13-22(33-25(21)23(27)14-20)16-29-24(30)9-8-17-5-4-10-28-15-17/h3-12,14-15,22H,2,13,16H2,1H3,(H,29,30). The van der Waals surface area contributed by atoms with E-state index in [4.69, 9.17) is 21.1 Å². The lowest BCUT2D eigenvalue weighted by atomic mass is 9.99. The quantitative estimate of drug-likeness (QED) is 0.406. The van der Waals surface area contributed by atoms with Gasteiger partial charge in [-0.25, -0.2) is 4.79 Å². The van der Waals surface area contributed by atoms with Gasteiger partial charge in [-0.05, 0) is 60.0 Å². The zero-order chi connectivity index (χ0) is 23.2. The van der Waals surface area contributed by atoms with E-state index in [1.54, 1.807) is 37.5 Å². The van der Waals surface area contributed by atoms with Gasteiger partial charge in [0.05, 0.1) is 23.7 Å². The van der Waals surface area contributed by atoms with Crippen LogP contribution in [-0.2, 0) is 16.0 Å². The molecule has 4 rings (SSSR count). The zero-order valence-electron chi connectivity index (χ0n) is 18.1. The van der Waals surface area contributed by atoms with Crippen molar-refractivity contribution in [3.8, 4) is 16.9 Å². The number of benzene rings is 2. The molecule has 1 unspecified atom stereocenters. The lowest BCUT2D eigenvalue weighted by Gasteiger charge is -2.11. The molecule has 0 aliphatic carbocycles. The summed E-state index contributed by atoms with van der Waals surface area (Å²) in [6, 6.07) is 14.8. The van der Waals surface area contributed by atoms with Crippen LogP contribution in [0.1, 0.15) is 28.4 Å². The van der Waals surface area contributed by atoms with Gasteiger partial charge in [-0.1, -0.05) is 29.8 Å². The summed E-state index contributed by atoms with van der Waals surface area (Å²) in [5.74, 6) is 0.0661. The molecule has 168 valence electrons. The summed E-state index contributed by atoms with van der Waals surface area (Å²) in [4.78, 5) is 28.2. The van der Waals surface area contributed by atoms with Gasteiger partial charge in [-0.3, -0.25) is 9.78 Å². The molecule has 0 bridgehead atoms. The van der Waals surface area contributed by atoms with E-state index >= 15 is 0 Å². The first-order chi connectivity index (χ1) is 16.0. The molecular formula is C26H23ClN2O4. The van der Waals surface area contributed by atoms with Gasteiger partial charge in [0.1, 0.15) is 11.9 Å². The molecule has 0 saturated carbocycles. The third-order valence-electron chi connectivity index (χ3n) is 5.18. The van der Waals surface area contributed by atoms with Crippen LogP contribution in [0.4, 0.5) is 0 Å². The maximum absolute atomic E-state index is 12.1. The average molecular weight is 463 g/mol. The number of pyridine rings is 1. The molecule has 2 aromatic carbocycles. The summed E-state index contributed by atoms with van der Waals surface area (Å²) in [6.45, 7) is 2.45. The minimum Gasteiger partial charge on any atom is -0.486 e. The van der Waals surface area contributed by atoms with Gasteiger partial charge in [0, 0.05) is 30.5 Å². The number of esters is 1.